The van der Waals surface area contributed by atoms with Crippen LogP contribution in [0.15, 0.2) is 103 Å². The SMILES string of the molecule is Cc1ccc(C(OC(=O)[C@H](CC(=O)OC(C)(C)C)NC(=O)[C@H](COC(C)(C)C)NC(=O)[C@@H](NC(=O)[C@](C)(Cc2ccccc2F)NC(=O)[C@@H](N)[C@@H](C)OC(C)(C)C)[C@@H](C)OC(C)(C)C)(c2ccccc2)c2ccccc2Cl)cc1. The Hall–Kier alpha value is -6.24. The Bertz CT molecular complexity index is 2730. The number of hydrogen-bond acceptors (Lipinski definition) is 12. The zero-order valence-corrected chi connectivity index (χ0v) is 49.5. The van der Waals surface area contributed by atoms with Crippen molar-refractivity contribution in [3.05, 3.63) is 142 Å². The Balaban J connectivity index is 1.83. The van der Waals surface area contributed by atoms with Gasteiger partial charge in [0.25, 0.3) is 0 Å². The number of esters is 2. The number of ether oxygens (including phenoxy) is 5. The Kier molecular flexibility index (Phi) is 22.2. The number of rotatable bonds is 23. The van der Waals surface area contributed by atoms with E-state index in [-0.39, 0.29) is 10.6 Å². The maximum absolute atomic E-state index is 15.4. The molecule has 16 nitrogen and oxygen atoms in total. The molecular weight excluding hydrogens is 1030 g/mol. The summed E-state index contributed by atoms with van der Waals surface area (Å²) in [7, 11) is 0. The van der Waals surface area contributed by atoms with Crippen LogP contribution < -0.4 is 27.0 Å². The molecule has 0 fully saturated rings. The lowest BCUT2D eigenvalue weighted by Crippen LogP contribution is -2.67. The van der Waals surface area contributed by atoms with Gasteiger partial charge in [-0.3, -0.25) is 24.0 Å². The van der Waals surface area contributed by atoms with Crippen LogP contribution in [0.4, 0.5) is 4.39 Å². The van der Waals surface area contributed by atoms with Crippen LogP contribution in [0.5, 0.6) is 0 Å². The third-order valence-corrected chi connectivity index (χ3v) is 12.5. The highest BCUT2D eigenvalue weighted by Crippen LogP contribution is 2.44. The average Bonchev–Trinajstić information content (AvgIpc) is 3.36. The van der Waals surface area contributed by atoms with Crippen molar-refractivity contribution < 1.29 is 56.8 Å². The summed E-state index contributed by atoms with van der Waals surface area (Å²) in [6, 6.07) is 22.4. The summed E-state index contributed by atoms with van der Waals surface area (Å²) in [4.78, 5) is 87.9. The van der Waals surface area contributed by atoms with E-state index in [1.807, 2.05) is 19.1 Å². The van der Waals surface area contributed by atoms with E-state index in [4.69, 9.17) is 41.0 Å². The van der Waals surface area contributed by atoms with Crippen molar-refractivity contribution in [2.75, 3.05) is 6.61 Å². The van der Waals surface area contributed by atoms with Gasteiger partial charge in [0, 0.05) is 28.1 Å². The monoisotopic (exact) mass is 1120 g/mol. The molecule has 1 unspecified atom stereocenters. The third-order valence-electron chi connectivity index (χ3n) is 12.2. The van der Waals surface area contributed by atoms with Crippen LogP contribution in [0.25, 0.3) is 0 Å². The summed E-state index contributed by atoms with van der Waals surface area (Å²) < 4.78 is 46.1. The van der Waals surface area contributed by atoms with Crippen molar-refractivity contribution in [1.29, 1.82) is 0 Å². The van der Waals surface area contributed by atoms with Crippen LogP contribution in [-0.4, -0.2) is 106 Å². The Morgan fingerprint density at radius 2 is 1.13 bits per heavy atom. The molecule has 0 heterocycles. The molecule has 4 aromatic rings. The number of aryl methyl sites for hydroxylation is 1. The van der Waals surface area contributed by atoms with Gasteiger partial charge in [-0.05, 0) is 128 Å². The molecule has 432 valence electrons. The van der Waals surface area contributed by atoms with Gasteiger partial charge in [-0.25, -0.2) is 9.18 Å². The van der Waals surface area contributed by atoms with Crippen LogP contribution in [-0.2, 0) is 64.5 Å². The van der Waals surface area contributed by atoms with Crippen molar-refractivity contribution in [2.45, 2.75) is 194 Å². The third kappa shape index (κ3) is 19.5. The minimum atomic E-state index is -1.97. The molecule has 4 rings (SSSR count). The molecule has 79 heavy (non-hydrogen) atoms. The molecule has 0 bridgehead atoms. The van der Waals surface area contributed by atoms with E-state index in [2.05, 4.69) is 21.3 Å². The van der Waals surface area contributed by atoms with E-state index in [1.165, 1.54) is 32.0 Å². The molecule has 0 aliphatic heterocycles. The summed E-state index contributed by atoms with van der Waals surface area (Å²) in [5.74, 6) is -6.28. The molecule has 0 spiro atoms. The minimum Gasteiger partial charge on any atom is -0.460 e. The first-order chi connectivity index (χ1) is 36.4. The predicted octanol–water partition coefficient (Wildman–Crippen LogP) is 8.48. The van der Waals surface area contributed by atoms with Gasteiger partial charge in [0.2, 0.25) is 23.6 Å². The summed E-state index contributed by atoms with van der Waals surface area (Å²) in [5, 5.41) is 11.1. The molecule has 0 saturated heterocycles. The maximum Gasteiger partial charge on any atom is 0.330 e. The minimum absolute atomic E-state index is 0.0651. The highest BCUT2D eigenvalue weighted by atomic mass is 35.5. The Morgan fingerprint density at radius 1 is 0.595 bits per heavy atom. The number of hydrogen-bond donors (Lipinski definition) is 5. The lowest BCUT2D eigenvalue weighted by Gasteiger charge is -2.37. The number of amides is 4. The average molecular weight is 1120 g/mol. The first-order valence-electron chi connectivity index (χ1n) is 26.5. The van der Waals surface area contributed by atoms with Gasteiger partial charge in [0.15, 0.2) is 5.60 Å². The summed E-state index contributed by atoms with van der Waals surface area (Å²) >= 11 is 6.98. The molecule has 4 aromatic carbocycles. The smallest absolute Gasteiger partial charge is 0.330 e. The summed E-state index contributed by atoms with van der Waals surface area (Å²) in [6.07, 6.45) is -3.09. The highest BCUT2D eigenvalue weighted by Gasteiger charge is 2.46. The van der Waals surface area contributed by atoms with Crippen molar-refractivity contribution >= 4 is 47.2 Å². The molecule has 0 aromatic heterocycles. The van der Waals surface area contributed by atoms with Crippen molar-refractivity contribution in [2.24, 2.45) is 5.73 Å². The number of nitrogens with two attached hydrogens (primary N) is 1. The van der Waals surface area contributed by atoms with E-state index in [9.17, 15) is 19.2 Å². The number of carbonyl (C=O) groups is 6. The van der Waals surface area contributed by atoms with Crippen LogP contribution >= 0.6 is 11.6 Å². The lowest BCUT2D eigenvalue weighted by atomic mass is 9.79. The van der Waals surface area contributed by atoms with E-state index < -0.39 is 131 Å². The summed E-state index contributed by atoms with van der Waals surface area (Å²) in [6.45, 7) is 26.6. The molecule has 0 aliphatic carbocycles. The molecule has 0 saturated carbocycles. The molecule has 4 amide bonds. The van der Waals surface area contributed by atoms with E-state index >= 15 is 14.0 Å². The fourth-order valence-electron chi connectivity index (χ4n) is 8.60. The first-order valence-corrected chi connectivity index (χ1v) is 26.9. The molecule has 8 atom stereocenters. The highest BCUT2D eigenvalue weighted by molar-refractivity contribution is 6.31. The fraction of sp³-hybridized carbons (Fsp3) is 0.508. The molecular formula is C61H83ClFN5O11. The van der Waals surface area contributed by atoms with Crippen LogP contribution in [0.2, 0.25) is 5.02 Å². The van der Waals surface area contributed by atoms with Gasteiger partial charge >= 0.3 is 11.9 Å². The molecule has 0 radical (unpaired) electrons. The van der Waals surface area contributed by atoms with Gasteiger partial charge in [0.05, 0.1) is 42.0 Å². The fourth-order valence-corrected chi connectivity index (χ4v) is 8.87. The Labute approximate surface area is 471 Å². The van der Waals surface area contributed by atoms with Gasteiger partial charge in [0.1, 0.15) is 41.1 Å². The van der Waals surface area contributed by atoms with E-state index in [1.54, 1.807) is 163 Å². The zero-order valence-electron chi connectivity index (χ0n) is 48.7. The van der Waals surface area contributed by atoms with Crippen LogP contribution in [0.1, 0.15) is 138 Å². The van der Waals surface area contributed by atoms with Crippen molar-refractivity contribution in [1.82, 2.24) is 21.3 Å². The van der Waals surface area contributed by atoms with Gasteiger partial charge in [-0.1, -0.05) is 108 Å². The predicted molar refractivity (Wildman–Crippen MR) is 302 cm³/mol. The maximum atomic E-state index is 15.4. The topological polar surface area (TPSA) is 223 Å². The zero-order chi connectivity index (χ0) is 59.5. The van der Waals surface area contributed by atoms with Gasteiger partial charge in [-0.2, -0.15) is 0 Å². The number of benzene rings is 4. The van der Waals surface area contributed by atoms with E-state index in [0.29, 0.717) is 16.7 Å². The van der Waals surface area contributed by atoms with E-state index in [0.717, 1.165) is 5.56 Å². The second kappa shape index (κ2) is 26.8. The second-order valence-corrected chi connectivity index (χ2v) is 24.5. The lowest BCUT2D eigenvalue weighted by molar-refractivity contribution is -0.164. The largest absolute Gasteiger partial charge is 0.460 e. The quantitative estimate of drug-likeness (QED) is 0.0349. The number of carbonyl (C=O) groups excluding carboxylic acids is 6. The Morgan fingerprint density at radius 3 is 1.68 bits per heavy atom. The molecule has 0 aliphatic rings. The molecule has 18 heteroatoms. The first kappa shape index (κ1) is 65.3. The van der Waals surface area contributed by atoms with Crippen molar-refractivity contribution in [3.8, 4) is 0 Å². The standard InChI is InChI=1S/C61H83ClFN5O11/c1-37-30-32-42(33-31-37)61(41-25-18-17-19-26-41,43-27-21-22-28-44(43)62)79-54(73)46(34-48(69)78-59(13,14)15)65-51(70)47(36-75-56(4,5)6)66-53(72)50(39(3)77-58(10,11)12)67-55(74)60(16,35-40-24-20-23-29-45(40)63)68-52(71)49(64)38(2)76-57(7,8)9/h17-33,38-39,46-47,49-50H,34-36,64H2,1-16H3,(H,65,70)(H,66,72)(H,67,74)(H,68,71)/t38-,39-,46+,47+,49+,50+,60+,61?/m1/s1. The van der Waals surface area contributed by atoms with Crippen LogP contribution in [0.3, 0.4) is 0 Å². The van der Waals surface area contributed by atoms with Gasteiger partial charge in [-0.15, -0.1) is 0 Å². The second-order valence-electron chi connectivity index (χ2n) is 24.1. The van der Waals surface area contributed by atoms with Gasteiger partial charge < -0.3 is 50.7 Å². The number of nitrogens with one attached hydrogen (secondary N) is 4. The summed E-state index contributed by atoms with van der Waals surface area (Å²) in [5.41, 5.74) is 1.51. The normalized spacial score (nSPS) is 16.0. The molecule has 6 N–H and O–H groups in total. The van der Waals surface area contributed by atoms with Crippen LogP contribution in [0, 0.1) is 12.7 Å². The number of halogens is 2. The van der Waals surface area contributed by atoms with Crippen molar-refractivity contribution in [3.63, 3.8) is 0 Å².